The highest BCUT2D eigenvalue weighted by Gasteiger charge is 2.35. The number of ether oxygens (including phenoxy) is 2. The van der Waals surface area contributed by atoms with Crippen LogP contribution < -0.4 is 4.74 Å². The molecular formula is C27H31ClF2N2O3. The highest BCUT2D eigenvalue weighted by Crippen LogP contribution is 2.36. The second kappa shape index (κ2) is 11.0. The molecule has 0 spiro atoms. The predicted octanol–water partition coefficient (Wildman–Crippen LogP) is 5.84. The molecule has 1 aliphatic carbocycles. The van der Waals surface area contributed by atoms with E-state index in [1.165, 1.54) is 31.7 Å². The van der Waals surface area contributed by atoms with Crippen LogP contribution in [0.1, 0.15) is 53.6 Å². The molecule has 0 saturated heterocycles. The maximum atomic E-state index is 14.4. The molecule has 35 heavy (non-hydrogen) atoms. The number of aromatic nitrogens is 1. The molecule has 1 aromatic heterocycles. The molecule has 2 heterocycles. The van der Waals surface area contributed by atoms with E-state index >= 15 is 0 Å². The Morgan fingerprint density at radius 3 is 2.74 bits per heavy atom. The Kier molecular flexibility index (Phi) is 7.97. The van der Waals surface area contributed by atoms with Crippen molar-refractivity contribution in [1.29, 1.82) is 0 Å². The third-order valence-electron chi connectivity index (χ3n) is 7.33. The van der Waals surface area contributed by atoms with Crippen molar-refractivity contribution < 1.29 is 23.0 Å². The fraction of sp³-hybridized carbons (Fsp3) is 0.444. The smallest absolute Gasteiger partial charge is 0.338 e. The third kappa shape index (κ3) is 5.16. The molecular weight excluding hydrogens is 474 g/mol. The number of H-pyrrole nitrogens is 1. The number of hydrogen-bond acceptors (Lipinski definition) is 4. The first-order valence-corrected chi connectivity index (χ1v) is 12.1. The Labute approximate surface area is 210 Å². The number of benzene rings is 2. The van der Waals surface area contributed by atoms with Crippen molar-refractivity contribution in [2.24, 2.45) is 0 Å². The number of carbonyl (C=O) groups excluding carboxylic acids is 1. The van der Waals surface area contributed by atoms with Crippen molar-refractivity contribution in [3.63, 3.8) is 0 Å². The molecule has 188 valence electrons. The van der Waals surface area contributed by atoms with Gasteiger partial charge in [0.1, 0.15) is 12.4 Å². The van der Waals surface area contributed by atoms with Crippen LogP contribution in [-0.2, 0) is 17.6 Å². The van der Waals surface area contributed by atoms with Gasteiger partial charge in [-0.15, -0.1) is 12.4 Å². The molecule has 0 radical (unpaired) electrons. The molecule has 1 saturated carbocycles. The standard InChI is InChI=1S/C27H30F2N2O3.ClH/c1-33-27(32)21-9-10-24(29)26-23(21)14-20(16-34-26)31(19-6-4-7-19)12-3-2-5-17-15-30-25-11-8-18(28)13-22(17)25;/h8-11,13,15,19-20,30H,2-7,12,14,16H2,1H3;1H. The van der Waals surface area contributed by atoms with Gasteiger partial charge >= 0.3 is 5.97 Å². The van der Waals surface area contributed by atoms with Crippen LogP contribution in [0.25, 0.3) is 10.9 Å². The second-order valence-corrected chi connectivity index (χ2v) is 9.35. The van der Waals surface area contributed by atoms with Crippen molar-refractivity contribution in [3.8, 4) is 5.75 Å². The average molecular weight is 505 g/mol. The molecule has 5 rings (SSSR count). The number of nitrogens with one attached hydrogen (secondary N) is 1. The van der Waals surface area contributed by atoms with Gasteiger partial charge in [-0.25, -0.2) is 13.6 Å². The largest absolute Gasteiger partial charge is 0.489 e. The molecule has 1 unspecified atom stereocenters. The quantitative estimate of drug-likeness (QED) is 0.309. The van der Waals surface area contributed by atoms with Gasteiger partial charge in [-0.2, -0.15) is 0 Å². The van der Waals surface area contributed by atoms with Crippen LogP contribution in [0.5, 0.6) is 5.75 Å². The summed E-state index contributed by atoms with van der Waals surface area (Å²) in [5.41, 5.74) is 3.08. The molecule has 1 aliphatic heterocycles. The number of rotatable bonds is 8. The van der Waals surface area contributed by atoms with Gasteiger partial charge in [0.05, 0.1) is 12.7 Å². The molecule has 8 heteroatoms. The average Bonchev–Trinajstić information content (AvgIpc) is 3.21. The highest BCUT2D eigenvalue weighted by atomic mass is 35.5. The fourth-order valence-corrected chi connectivity index (χ4v) is 5.30. The summed E-state index contributed by atoms with van der Waals surface area (Å²) >= 11 is 0. The summed E-state index contributed by atoms with van der Waals surface area (Å²) < 4.78 is 38.8. The van der Waals surface area contributed by atoms with Crippen molar-refractivity contribution in [3.05, 3.63) is 64.9 Å². The lowest BCUT2D eigenvalue weighted by molar-refractivity contribution is 0.0408. The lowest BCUT2D eigenvalue weighted by Gasteiger charge is -2.44. The summed E-state index contributed by atoms with van der Waals surface area (Å²) in [4.78, 5) is 18.0. The molecule has 2 aliphatic rings. The summed E-state index contributed by atoms with van der Waals surface area (Å²) in [6, 6.07) is 8.18. The first kappa shape index (κ1) is 25.5. The highest BCUT2D eigenvalue weighted by molar-refractivity contribution is 5.92. The van der Waals surface area contributed by atoms with Crippen molar-refractivity contribution in [2.75, 3.05) is 20.3 Å². The SMILES string of the molecule is COC(=O)c1ccc(F)c2c1CC(N(CCCCc1c[nH]c3ccc(F)cc13)C1CCC1)CO2.Cl. The molecule has 1 atom stereocenters. The number of methoxy groups -OCH3 is 1. The Balaban J connectivity index is 0.00000289. The first-order chi connectivity index (χ1) is 16.5. The predicted molar refractivity (Wildman–Crippen MR) is 134 cm³/mol. The van der Waals surface area contributed by atoms with Gasteiger partial charge in [-0.1, -0.05) is 6.42 Å². The minimum atomic E-state index is -0.467. The van der Waals surface area contributed by atoms with E-state index in [0.29, 0.717) is 30.2 Å². The molecule has 3 aromatic rings. The topological polar surface area (TPSA) is 54.6 Å². The van der Waals surface area contributed by atoms with Crippen molar-refractivity contribution in [2.45, 2.75) is 57.0 Å². The number of unbranched alkanes of at least 4 members (excludes halogenated alkanes) is 1. The molecule has 1 fully saturated rings. The Morgan fingerprint density at radius 1 is 1.17 bits per heavy atom. The lowest BCUT2D eigenvalue weighted by Crippen LogP contribution is -2.51. The number of nitrogens with zero attached hydrogens (tertiary/aromatic N) is 1. The number of hydrogen-bond donors (Lipinski definition) is 1. The molecule has 0 bridgehead atoms. The van der Waals surface area contributed by atoms with Crippen LogP contribution >= 0.6 is 12.4 Å². The number of aromatic amines is 1. The van der Waals surface area contributed by atoms with Gasteiger partial charge in [-0.05, 0) is 81.0 Å². The monoisotopic (exact) mass is 504 g/mol. The molecule has 1 N–H and O–H groups in total. The van der Waals surface area contributed by atoms with E-state index < -0.39 is 11.8 Å². The van der Waals surface area contributed by atoms with Crippen molar-refractivity contribution in [1.82, 2.24) is 9.88 Å². The van der Waals surface area contributed by atoms with E-state index in [9.17, 15) is 13.6 Å². The summed E-state index contributed by atoms with van der Waals surface area (Å²) in [6.07, 6.45) is 8.92. The van der Waals surface area contributed by atoms with Crippen LogP contribution in [0.4, 0.5) is 8.78 Å². The molecule has 2 aromatic carbocycles. The number of esters is 1. The van der Waals surface area contributed by atoms with E-state index in [0.717, 1.165) is 55.1 Å². The van der Waals surface area contributed by atoms with Crippen LogP contribution in [0.2, 0.25) is 0 Å². The van der Waals surface area contributed by atoms with Gasteiger partial charge in [0.25, 0.3) is 0 Å². The zero-order valence-corrected chi connectivity index (χ0v) is 20.6. The van der Waals surface area contributed by atoms with E-state index in [4.69, 9.17) is 9.47 Å². The number of aryl methyl sites for hydroxylation is 1. The van der Waals surface area contributed by atoms with E-state index in [1.54, 1.807) is 12.1 Å². The van der Waals surface area contributed by atoms with Gasteiger partial charge in [-0.3, -0.25) is 4.90 Å². The summed E-state index contributed by atoms with van der Waals surface area (Å²) in [7, 11) is 1.34. The number of halogens is 3. The van der Waals surface area contributed by atoms with Crippen LogP contribution in [0.3, 0.4) is 0 Å². The normalized spacial score (nSPS) is 17.4. The fourth-order valence-electron chi connectivity index (χ4n) is 5.30. The maximum Gasteiger partial charge on any atom is 0.338 e. The van der Waals surface area contributed by atoms with Gasteiger partial charge in [0.15, 0.2) is 11.6 Å². The van der Waals surface area contributed by atoms with E-state index in [1.807, 2.05) is 6.20 Å². The zero-order chi connectivity index (χ0) is 23.7. The van der Waals surface area contributed by atoms with E-state index in [-0.39, 0.29) is 30.0 Å². The first-order valence-electron chi connectivity index (χ1n) is 12.1. The summed E-state index contributed by atoms with van der Waals surface area (Å²) in [6.45, 7) is 1.32. The summed E-state index contributed by atoms with van der Waals surface area (Å²) in [5, 5.41) is 0.950. The molecule has 0 amide bonds. The number of fused-ring (bicyclic) bond motifs is 2. The van der Waals surface area contributed by atoms with Crippen LogP contribution in [0, 0.1) is 11.6 Å². The third-order valence-corrected chi connectivity index (χ3v) is 7.33. The minimum absolute atomic E-state index is 0. The lowest BCUT2D eigenvalue weighted by atomic mass is 9.87. The number of carbonyl (C=O) groups is 1. The van der Waals surface area contributed by atoms with Crippen LogP contribution in [-0.4, -0.2) is 48.2 Å². The summed E-state index contributed by atoms with van der Waals surface area (Å²) in [5.74, 6) is -0.943. The van der Waals surface area contributed by atoms with Gasteiger partial charge < -0.3 is 14.5 Å². The minimum Gasteiger partial charge on any atom is -0.489 e. The Morgan fingerprint density at radius 2 is 2.00 bits per heavy atom. The Hall–Kier alpha value is -2.64. The molecule has 5 nitrogen and oxygen atoms in total. The van der Waals surface area contributed by atoms with Gasteiger partial charge in [0.2, 0.25) is 0 Å². The van der Waals surface area contributed by atoms with Gasteiger partial charge in [0, 0.05) is 34.7 Å². The van der Waals surface area contributed by atoms with Crippen LogP contribution in [0.15, 0.2) is 36.5 Å². The van der Waals surface area contributed by atoms with Crippen molar-refractivity contribution >= 4 is 29.3 Å². The zero-order valence-electron chi connectivity index (χ0n) is 19.8. The maximum absolute atomic E-state index is 14.4. The Bertz CT molecular complexity index is 1190. The second-order valence-electron chi connectivity index (χ2n) is 9.35. The van der Waals surface area contributed by atoms with E-state index in [2.05, 4.69) is 9.88 Å².